The number of nitrogens with zero attached hydrogens (tertiary/aromatic N) is 1. The smallest absolute Gasteiger partial charge is 0.380 e. The van der Waals surface area contributed by atoms with Crippen LogP contribution in [0.15, 0.2) is 23.1 Å². The lowest BCUT2D eigenvalue weighted by Crippen LogP contribution is -2.24. The quantitative estimate of drug-likeness (QED) is 0.803. The van der Waals surface area contributed by atoms with E-state index in [4.69, 9.17) is 10.5 Å². The number of ether oxygens (including phenoxy) is 1. The summed E-state index contributed by atoms with van der Waals surface area (Å²) >= 11 is 0. The zero-order chi connectivity index (χ0) is 18.2. The van der Waals surface area contributed by atoms with Crippen LogP contribution in [0, 0.1) is 5.92 Å². The van der Waals surface area contributed by atoms with Gasteiger partial charge in [0.1, 0.15) is 0 Å². The van der Waals surface area contributed by atoms with Gasteiger partial charge in [-0.05, 0) is 18.9 Å². The molecule has 2 N–H and O–H groups in total. The van der Waals surface area contributed by atoms with E-state index in [-0.39, 0.29) is 11.5 Å². The van der Waals surface area contributed by atoms with Crippen LogP contribution in [0.4, 0.5) is 13.2 Å². The van der Waals surface area contributed by atoms with Gasteiger partial charge in [0.15, 0.2) is 0 Å². The highest BCUT2D eigenvalue weighted by molar-refractivity contribution is 5.92. The van der Waals surface area contributed by atoms with Crippen LogP contribution in [-0.4, -0.2) is 29.9 Å². The third kappa shape index (κ3) is 7.63. The van der Waals surface area contributed by atoms with Crippen LogP contribution in [0.1, 0.15) is 43.0 Å². The second-order valence-electron chi connectivity index (χ2n) is 5.63. The number of halogens is 3. The zero-order valence-electron chi connectivity index (χ0n) is 13.6. The first-order valence-corrected chi connectivity index (χ1v) is 7.87. The number of rotatable bonds is 6. The average Bonchev–Trinajstić information content (AvgIpc) is 2.45. The fourth-order valence-corrected chi connectivity index (χ4v) is 2.18. The van der Waals surface area contributed by atoms with Gasteiger partial charge in [-0.15, -0.1) is 0 Å². The number of hydrogen-bond donors (Lipinski definition) is 1. The van der Waals surface area contributed by atoms with Crippen LogP contribution in [-0.2, 0) is 11.3 Å². The molecule has 1 aliphatic carbocycles. The standard InChI is InChI=1S/C10H14N2O3.C6H9F3/c1-2-15-6-5-12-7-8(10(11)14)3-4-9(12)13;7-6(8,9)4-5-2-1-3-5/h3-4,7H,2,5-6H2,1H3,(H2,11,14);5H,1-4H2. The molecule has 1 fully saturated rings. The second-order valence-corrected chi connectivity index (χ2v) is 5.63. The van der Waals surface area contributed by atoms with Crippen molar-refractivity contribution in [2.24, 2.45) is 11.7 Å². The fraction of sp³-hybridized carbons (Fsp3) is 0.625. The highest BCUT2D eigenvalue weighted by Gasteiger charge is 2.34. The molecule has 0 bridgehead atoms. The first kappa shape index (κ1) is 20.2. The second kappa shape index (κ2) is 9.46. The number of nitrogens with two attached hydrogens (primary N) is 1. The van der Waals surface area contributed by atoms with Gasteiger partial charge >= 0.3 is 6.18 Å². The third-order valence-electron chi connectivity index (χ3n) is 3.69. The Bertz CT molecular complexity index is 581. The first-order valence-electron chi connectivity index (χ1n) is 7.87. The largest absolute Gasteiger partial charge is 0.389 e. The summed E-state index contributed by atoms with van der Waals surface area (Å²) in [5, 5.41) is 0. The van der Waals surface area contributed by atoms with Crippen molar-refractivity contribution in [2.45, 2.75) is 45.3 Å². The minimum atomic E-state index is -3.93. The van der Waals surface area contributed by atoms with E-state index < -0.39 is 18.5 Å². The summed E-state index contributed by atoms with van der Waals surface area (Å²) in [6, 6.07) is 2.74. The Labute approximate surface area is 138 Å². The van der Waals surface area contributed by atoms with Gasteiger partial charge in [0, 0.05) is 31.8 Å². The van der Waals surface area contributed by atoms with Gasteiger partial charge in [-0.3, -0.25) is 9.59 Å². The van der Waals surface area contributed by atoms with E-state index in [0.29, 0.717) is 25.3 Å². The van der Waals surface area contributed by atoms with Crippen LogP contribution in [0.5, 0.6) is 0 Å². The Kier molecular flexibility index (Phi) is 7.97. The molecule has 1 amide bonds. The van der Waals surface area contributed by atoms with Gasteiger partial charge in [0.25, 0.3) is 5.56 Å². The van der Waals surface area contributed by atoms with Crippen molar-refractivity contribution < 1.29 is 22.7 Å². The molecule has 1 aromatic heterocycles. The molecular weight excluding hydrogens is 325 g/mol. The van der Waals surface area contributed by atoms with Crippen molar-refractivity contribution >= 4 is 5.91 Å². The summed E-state index contributed by atoms with van der Waals surface area (Å²) in [6.07, 6.45) is -0.498. The van der Waals surface area contributed by atoms with Crippen LogP contribution in [0.3, 0.4) is 0 Å². The van der Waals surface area contributed by atoms with Gasteiger partial charge in [-0.2, -0.15) is 13.2 Å². The maximum absolute atomic E-state index is 11.5. The highest BCUT2D eigenvalue weighted by atomic mass is 19.4. The minimum Gasteiger partial charge on any atom is -0.380 e. The van der Waals surface area contributed by atoms with Crippen molar-refractivity contribution in [1.82, 2.24) is 4.57 Å². The molecule has 1 heterocycles. The zero-order valence-corrected chi connectivity index (χ0v) is 13.6. The van der Waals surface area contributed by atoms with Gasteiger partial charge in [0.05, 0.1) is 12.2 Å². The molecule has 2 rings (SSSR count). The Balaban J connectivity index is 0.000000272. The van der Waals surface area contributed by atoms with Crippen molar-refractivity contribution in [3.63, 3.8) is 0 Å². The lowest BCUT2D eigenvalue weighted by atomic mass is 9.83. The van der Waals surface area contributed by atoms with Crippen LogP contribution in [0.2, 0.25) is 0 Å². The predicted octanol–water partition coefficient (Wildman–Crippen LogP) is 2.72. The van der Waals surface area contributed by atoms with Crippen LogP contribution in [0.25, 0.3) is 0 Å². The number of hydrogen-bond acceptors (Lipinski definition) is 3. The van der Waals surface area contributed by atoms with Crippen LogP contribution >= 0.6 is 0 Å². The van der Waals surface area contributed by atoms with E-state index in [9.17, 15) is 22.8 Å². The number of carbonyl (C=O) groups excluding carboxylic acids is 1. The topological polar surface area (TPSA) is 74.3 Å². The molecule has 5 nitrogen and oxygen atoms in total. The first-order chi connectivity index (χ1) is 11.2. The Morgan fingerprint density at radius 3 is 2.46 bits per heavy atom. The van der Waals surface area contributed by atoms with Gasteiger partial charge < -0.3 is 15.0 Å². The van der Waals surface area contributed by atoms with E-state index in [1.165, 1.54) is 22.9 Å². The van der Waals surface area contributed by atoms with Gasteiger partial charge in [-0.25, -0.2) is 0 Å². The van der Waals surface area contributed by atoms with Crippen molar-refractivity contribution in [1.29, 1.82) is 0 Å². The Hall–Kier alpha value is -1.83. The van der Waals surface area contributed by atoms with Gasteiger partial charge in [-0.1, -0.05) is 19.3 Å². The lowest BCUT2D eigenvalue weighted by Gasteiger charge is -2.25. The minimum absolute atomic E-state index is 0.0509. The molecule has 0 atom stereocenters. The maximum atomic E-state index is 11.5. The maximum Gasteiger partial charge on any atom is 0.389 e. The van der Waals surface area contributed by atoms with E-state index in [1.54, 1.807) is 0 Å². The summed E-state index contributed by atoms with van der Waals surface area (Å²) in [5.41, 5.74) is 5.26. The number of carbonyl (C=O) groups is 1. The normalized spacial score (nSPS) is 14.5. The molecule has 0 aliphatic heterocycles. The van der Waals surface area contributed by atoms with Crippen LogP contribution < -0.4 is 11.3 Å². The van der Waals surface area contributed by atoms with Crippen molar-refractivity contribution in [3.8, 4) is 0 Å². The number of primary amides is 1. The molecule has 0 radical (unpaired) electrons. The summed E-state index contributed by atoms with van der Waals surface area (Å²) in [4.78, 5) is 22.2. The molecule has 0 spiro atoms. The molecule has 1 saturated carbocycles. The molecule has 1 aliphatic rings. The summed E-state index contributed by atoms with van der Waals surface area (Å²) in [6.45, 7) is 3.35. The molecule has 0 unspecified atom stereocenters. The molecule has 8 heteroatoms. The average molecular weight is 348 g/mol. The third-order valence-corrected chi connectivity index (χ3v) is 3.69. The Morgan fingerprint density at radius 2 is 2.04 bits per heavy atom. The molecule has 24 heavy (non-hydrogen) atoms. The Morgan fingerprint density at radius 1 is 1.38 bits per heavy atom. The summed E-state index contributed by atoms with van der Waals surface area (Å²) < 4.78 is 41.1. The number of alkyl halides is 3. The molecule has 0 aromatic carbocycles. The SMILES string of the molecule is CCOCCn1cc(C(N)=O)ccc1=O.FC(F)(F)CC1CCC1. The van der Waals surface area contributed by atoms with E-state index in [0.717, 1.165) is 19.3 Å². The fourth-order valence-electron chi connectivity index (χ4n) is 2.18. The van der Waals surface area contributed by atoms with Crippen molar-refractivity contribution in [2.75, 3.05) is 13.2 Å². The number of pyridine rings is 1. The van der Waals surface area contributed by atoms with E-state index in [1.807, 2.05) is 6.92 Å². The lowest BCUT2D eigenvalue weighted by molar-refractivity contribution is -0.149. The summed E-state index contributed by atoms with van der Waals surface area (Å²) in [5.74, 6) is -0.592. The van der Waals surface area contributed by atoms with E-state index >= 15 is 0 Å². The molecule has 0 saturated heterocycles. The highest BCUT2D eigenvalue weighted by Crippen LogP contribution is 2.36. The summed E-state index contributed by atoms with van der Waals surface area (Å²) in [7, 11) is 0. The molecule has 136 valence electrons. The number of aromatic nitrogens is 1. The monoisotopic (exact) mass is 348 g/mol. The van der Waals surface area contributed by atoms with Gasteiger partial charge in [0.2, 0.25) is 5.91 Å². The number of amides is 1. The predicted molar refractivity (Wildman–Crippen MR) is 83.7 cm³/mol. The van der Waals surface area contributed by atoms with E-state index in [2.05, 4.69) is 0 Å². The molecule has 1 aromatic rings. The van der Waals surface area contributed by atoms with Crippen molar-refractivity contribution in [3.05, 3.63) is 34.2 Å². The molecular formula is C16H23F3N2O3.